The van der Waals surface area contributed by atoms with Gasteiger partial charge in [0.05, 0.1) is 4.83 Å². The summed E-state index contributed by atoms with van der Waals surface area (Å²) in [6.07, 6.45) is 5.47. The van der Waals surface area contributed by atoms with E-state index in [9.17, 15) is 4.79 Å². The Hall–Kier alpha value is 0.150. The zero-order valence-electron chi connectivity index (χ0n) is 7.90. The van der Waals surface area contributed by atoms with Crippen molar-refractivity contribution in [3.05, 3.63) is 0 Å². The Morgan fingerprint density at radius 2 is 2.33 bits per heavy atom. The van der Waals surface area contributed by atoms with Crippen molar-refractivity contribution in [1.29, 1.82) is 0 Å². The summed E-state index contributed by atoms with van der Waals surface area (Å²) in [6, 6.07) is 0. The fourth-order valence-electron chi connectivity index (χ4n) is 2.10. The number of rotatable bonds is 2. The van der Waals surface area contributed by atoms with Gasteiger partial charge in [-0.05, 0) is 19.3 Å². The van der Waals surface area contributed by atoms with Crippen molar-refractivity contribution >= 4 is 21.7 Å². The van der Waals surface area contributed by atoms with Crippen LogP contribution >= 0.6 is 15.9 Å². The van der Waals surface area contributed by atoms with Gasteiger partial charge in [0.25, 0.3) is 0 Å². The van der Waals surface area contributed by atoms with E-state index in [0.29, 0.717) is 5.78 Å². The Labute approximate surface area is 83.0 Å². The lowest BCUT2D eigenvalue weighted by Gasteiger charge is -2.34. The lowest BCUT2D eigenvalue weighted by molar-refractivity contribution is -0.129. The molecule has 2 atom stereocenters. The molecule has 1 saturated carbocycles. The first kappa shape index (κ1) is 10.2. The Kier molecular flexibility index (Phi) is 3.33. The van der Waals surface area contributed by atoms with E-state index in [4.69, 9.17) is 0 Å². The summed E-state index contributed by atoms with van der Waals surface area (Å²) in [5.74, 6) is 0.426. The summed E-state index contributed by atoms with van der Waals surface area (Å²) in [5.41, 5.74) is -0.0266. The molecule has 0 aromatic carbocycles. The number of alkyl halides is 1. The largest absolute Gasteiger partial charge is 0.298 e. The van der Waals surface area contributed by atoms with E-state index in [1.165, 1.54) is 6.42 Å². The maximum atomic E-state index is 11.8. The highest BCUT2D eigenvalue weighted by atomic mass is 79.9. The summed E-state index contributed by atoms with van der Waals surface area (Å²) in [4.78, 5) is 11.9. The van der Waals surface area contributed by atoms with E-state index >= 15 is 0 Å². The average Bonchev–Trinajstić information content (AvgIpc) is 2.01. The minimum Gasteiger partial charge on any atom is -0.298 e. The summed E-state index contributed by atoms with van der Waals surface area (Å²) in [6.45, 7) is 4.27. The maximum absolute atomic E-state index is 11.8. The van der Waals surface area contributed by atoms with Gasteiger partial charge in [0.2, 0.25) is 0 Å². The van der Waals surface area contributed by atoms with Gasteiger partial charge in [0, 0.05) is 5.41 Å². The molecule has 0 aromatic rings. The van der Waals surface area contributed by atoms with Crippen LogP contribution in [0.5, 0.6) is 0 Å². The first-order valence-electron chi connectivity index (χ1n) is 4.78. The van der Waals surface area contributed by atoms with E-state index in [-0.39, 0.29) is 10.2 Å². The van der Waals surface area contributed by atoms with Gasteiger partial charge in [0.15, 0.2) is 5.78 Å². The van der Waals surface area contributed by atoms with Crippen LogP contribution in [0.4, 0.5) is 0 Å². The fraction of sp³-hybridized carbons (Fsp3) is 0.900. The smallest absolute Gasteiger partial charge is 0.152 e. The summed E-state index contributed by atoms with van der Waals surface area (Å²) >= 11 is 3.45. The number of carbonyl (C=O) groups is 1. The molecule has 0 aliphatic heterocycles. The van der Waals surface area contributed by atoms with E-state index in [1.54, 1.807) is 0 Å². The lowest BCUT2D eigenvalue weighted by atomic mass is 9.72. The quantitative estimate of drug-likeness (QED) is 0.668. The molecule has 0 amide bonds. The van der Waals surface area contributed by atoms with E-state index in [2.05, 4.69) is 29.8 Å². The standard InChI is InChI=1S/C10H17BrO/c1-3-6-10(2)7-4-5-8(11)9(10)12/h8H,3-7H2,1-2H3. The van der Waals surface area contributed by atoms with Crippen LogP contribution in [0.25, 0.3) is 0 Å². The van der Waals surface area contributed by atoms with E-state index < -0.39 is 0 Å². The van der Waals surface area contributed by atoms with Crippen molar-refractivity contribution in [2.24, 2.45) is 5.41 Å². The average molecular weight is 233 g/mol. The highest BCUT2D eigenvalue weighted by molar-refractivity contribution is 9.10. The zero-order chi connectivity index (χ0) is 9.19. The third kappa shape index (κ3) is 1.90. The molecule has 70 valence electrons. The van der Waals surface area contributed by atoms with Gasteiger partial charge in [-0.1, -0.05) is 42.6 Å². The SMILES string of the molecule is CCCC1(C)CCCC(Br)C1=O. The van der Waals surface area contributed by atoms with Crippen molar-refractivity contribution in [1.82, 2.24) is 0 Å². The van der Waals surface area contributed by atoms with Crippen LogP contribution in [0.1, 0.15) is 46.0 Å². The number of hydrogen-bond acceptors (Lipinski definition) is 1. The number of ketones is 1. The Morgan fingerprint density at radius 1 is 1.67 bits per heavy atom. The second-order valence-electron chi connectivity index (χ2n) is 4.03. The van der Waals surface area contributed by atoms with Gasteiger partial charge in [-0.3, -0.25) is 4.79 Å². The van der Waals surface area contributed by atoms with Gasteiger partial charge in [-0.2, -0.15) is 0 Å². The molecule has 0 radical (unpaired) electrons. The predicted octanol–water partition coefficient (Wildman–Crippen LogP) is 3.31. The summed E-state index contributed by atoms with van der Waals surface area (Å²) < 4.78 is 0. The van der Waals surface area contributed by atoms with E-state index in [1.807, 2.05) is 0 Å². The molecule has 0 saturated heterocycles. The molecule has 12 heavy (non-hydrogen) atoms. The molecule has 2 heteroatoms. The highest BCUT2D eigenvalue weighted by Gasteiger charge is 2.38. The molecule has 1 fully saturated rings. The van der Waals surface area contributed by atoms with Crippen LogP contribution in [0, 0.1) is 5.41 Å². The van der Waals surface area contributed by atoms with Crippen LogP contribution in [0.2, 0.25) is 0 Å². The minimum absolute atomic E-state index is 0.0266. The molecule has 0 heterocycles. The topological polar surface area (TPSA) is 17.1 Å². The van der Waals surface area contributed by atoms with Crippen LogP contribution in [-0.2, 0) is 4.79 Å². The minimum atomic E-state index is -0.0266. The monoisotopic (exact) mass is 232 g/mol. The molecule has 1 aliphatic rings. The molecule has 1 aliphatic carbocycles. The molecule has 0 aromatic heterocycles. The van der Waals surface area contributed by atoms with Crippen LogP contribution in [0.3, 0.4) is 0 Å². The van der Waals surface area contributed by atoms with Gasteiger partial charge in [-0.15, -0.1) is 0 Å². The molecule has 1 rings (SSSR count). The van der Waals surface area contributed by atoms with Gasteiger partial charge in [0.1, 0.15) is 0 Å². The molecule has 0 spiro atoms. The molecular formula is C10H17BrO. The van der Waals surface area contributed by atoms with Crippen molar-refractivity contribution in [3.63, 3.8) is 0 Å². The number of halogens is 1. The highest BCUT2D eigenvalue weighted by Crippen LogP contribution is 2.39. The summed E-state index contributed by atoms with van der Waals surface area (Å²) in [7, 11) is 0. The van der Waals surface area contributed by atoms with Crippen LogP contribution in [-0.4, -0.2) is 10.6 Å². The van der Waals surface area contributed by atoms with Crippen molar-refractivity contribution in [2.75, 3.05) is 0 Å². The third-order valence-electron chi connectivity index (χ3n) is 2.87. The molecular weight excluding hydrogens is 216 g/mol. The van der Waals surface area contributed by atoms with Crippen LogP contribution < -0.4 is 0 Å². The van der Waals surface area contributed by atoms with E-state index in [0.717, 1.165) is 25.7 Å². The van der Waals surface area contributed by atoms with Gasteiger partial charge in [-0.25, -0.2) is 0 Å². The molecule has 0 bridgehead atoms. The van der Waals surface area contributed by atoms with Crippen molar-refractivity contribution in [3.8, 4) is 0 Å². The Bertz CT molecular complexity index is 175. The lowest BCUT2D eigenvalue weighted by Crippen LogP contribution is -2.37. The number of carbonyl (C=O) groups excluding carboxylic acids is 1. The van der Waals surface area contributed by atoms with Crippen molar-refractivity contribution in [2.45, 2.75) is 50.8 Å². The Balaban J connectivity index is 2.67. The summed E-state index contributed by atoms with van der Waals surface area (Å²) in [5, 5.41) is 0. The number of hydrogen-bond donors (Lipinski definition) is 0. The predicted molar refractivity (Wildman–Crippen MR) is 54.6 cm³/mol. The molecule has 0 N–H and O–H groups in total. The second kappa shape index (κ2) is 3.91. The second-order valence-corrected chi connectivity index (χ2v) is 5.14. The first-order valence-corrected chi connectivity index (χ1v) is 5.70. The zero-order valence-corrected chi connectivity index (χ0v) is 9.49. The van der Waals surface area contributed by atoms with Crippen molar-refractivity contribution < 1.29 is 4.79 Å². The van der Waals surface area contributed by atoms with Crippen LogP contribution in [0.15, 0.2) is 0 Å². The third-order valence-corrected chi connectivity index (χ3v) is 3.74. The van der Waals surface area contributed by atoms with Gasteiger partial charge < -0.3 is 0 Å². The Morgan fingerprint density at radius 3 is 2.92 bits per heavy atom. The number of Topliss-reactive ketones (excluding diaryl/α,β-unsaturated/α-hetero) is 1. The molecule has 1 nitrogen and oxygen atoms in total. The van der Waals surface area contributed by atoms with Gasteiger partial charge >= 0.3 is 0 Å². The molecule has 2 unspecified atom stereocenters. The fourth-order valence-corrected chi connectivity index (χ4v) is 2.98. The maximum Gasteiger partial charge on any atom is 0.152 e. The first-order chi connectivity index (χ1) is 5.60. The normalized spacial score (nSPS) is 36.9.